The van der Waals surface area contributed by atoms with Gasteiger partial charge in [-0.1, -0.05) is 154 Å². The second-order valence-electron chi connectivity index (χ2n) is 12.0. The van der Waals surface area contributed by atoms with Crippen LogP contribution < -0.4 is 5.32 Å². The number of unbranched alkanes of at least 4 members (excludes halogenated alkanes) is 9. The third-order valence-corrected chi connectivity index (χ3v) is 8.22. The molecule has 0 aliphatic carbocycles. The summed E-state index contributed by atoms with van der Waals surface area (Å²) < 4.78 is 0. The van der Waals surface area contributed by atoms with Crippen molar-refractivity contribution in [2.75, 3.05) is 13.6 Å². The van der Waals surface area contributed by atoms with E-state index in [0.717, 1.165) is 18.4 Å². The monoisotopic (exact) mass is 504 g/mol. The molecular weight excluding hydrogens is 434 g/mol. The minimum atomic E-state index is 0.875. The van der Waals surface area contributed by atoms with Gasteiger partial charge in [-0.05, 0) is 70.4 Å². The SMILES string of the molecule is C=C(CCCCCCCC(CCCC)CC(=C)CCCNC)CCCC(CCCCC)CCCCC. The van der Waals surface area contributed by atoms with Crippen molar-refractivity contribution in [1.82, 2.24) is 5.32 Å². The molecule has 36 heavy (non-hydrogen) atoms. The molecule has 0 saturated heterocycles. The molecule has 0 bridgehead atoms. The Labute approximate surface area is 229 Å². The van der Waals surface area contributed by atoms with E-state index < -0.39 is 0 Å². The van der Waals surface area contributed by atoms with Gasteiger partial charge in [-0.15, -0.1) is 0 Å². The number of hydrogen-bond acceptors (Lipinski definition) is 1. The van der Waals surface area contributed by atoms with E-state index in [0.29, 0.717) is 0 Å². The van der Waals surface area contributed by atoms with Crippen molar-refractivity contribution in [3.8, 4) is 0 Å². The highest BCUT2D eigenvalue weighted by molar-refractivity contribution is 4.96. The summed E-state index contributed by atoms with van der Waals surface area (Å²) in [5.41, 5.74) is 3.00. The lowest BCUT2D eigenvalue weighted by Crippen LogP contribution is -2.08. The van der Waals surface area contributed by atoms with Gasteiger partial charge >= 0.3 is 0 Å². The highest BCUT2D eigenvalue weighted by Crippen LogP contribution is 2.27. The Morgan fingerprint density at radius 1 is 0.500 bits per heavy atom. The first-order valence-electron chi connectivity index (χ1n) is 16.5. The first kappa shape index (κ1) is 35.4. The zero-order chi connectivity index (χ0) is 26.7. The zero-order valence-corrected chi connectivity index (χ0v) is 25.7. The lowest BCUT2D eigenvalue weighted by molar-refractivity contribution is 0.376. The van der Waals surface area contributed by atoms with Crippen LogP contribution in [0.4, 0.5) is 0 Å². The Bertz CT molecular complexity index is 469. The number of nitrogens with one attached hydrogen (secondary N) is 1. The topological polar surface area (TPSA) is 12.0 Å². The largest absolute Gasteiger partial charge is 0.320 e. The van der Waals surface area contributed by atoms with Crippen molar-refractivity contribution in [2.45, 2.75) is 175 Å². The molecule has 0 saturated carbocycles. The fraction of sp³-hybridized carbons (Fsp3) is 0.886. The van der Waals surface area contributed by atoms with Crippen molar-refractivity contribution in [3.05, 3.63) is 24.3 Å². The summed E-state index contributed by atoms with van der Waals surface area (Å²) in [4.78, 5) is 0. The molecule has 1 nitrogen and oxygen atoms in total. The minimum absolute atomic E-state index is 0.875. The molecule has 0 radical (unpaired) electrons. The van der Waals surface area contributed by atoms with Crippen molar-refractivity contribution in [1.29, 1.82) is 0 Å². The quantitative estimate of drug-likeness (QED) is 0.0790. The average Bonchev–Trinajstić information content (AvgIpc) is 2.86. The van der Waals surface area contributed by atoms with Gasteiger partial charge in [0.15, 0.2) is 0 Å². The Balaban J connectivity index is 3.93. The van der Waals surface area contributed by atoms with Crippen LogP contribution in [0.3, 0.4) is 0 Å². The van der Waals surface area contributed by atoms with E-state index in [9.17, 15) is 0 Å². The second-order valence-corrected chi connectivity index (χ2v) is 12.0. The Hall–Kier alpha value is -0.560. The van der Waals surface area contributed by atoms with Crippen LogP contribution in [0.5, 0.6) is 0 Å². The maximum atomic E-state index is 4.43. The molecule has 0 aromatic carbocycles. The molecule has 1 N–H and O–H groups in total. The Morgan fingerprint density at radius 2 is 0.972 bits per heavy atom. The molecule has 0 aliphatic rings. The van der Waals surface area contributed by atoms with E-state index in [2.05, 4.69) is 39.2 Å². The molecule has 0 fully saturated rings. The van der Waals surface area contributed by atoms with Crippen LogP contribution in [0.15, 0.2) is 24.3 Å². The summed E-state index contributed by atoms with van der Waals surface area (Å²) in [6.07, 6.45) is 32.9. The van der Waals surface area contributed by atoms with E-state index in [1.54, 1.807) is 0 Å². The number of allylic oxidation sites excluding steroid dienone is 2. The van der Waals surface area contributed by atoms with Gasteiger partial charge in [-0.25, -0.2) is 0 Å². The Morgan fingerprint density at radius 3 is 1.61 bits per heavy atom. The summed E-state index contributed by atoms with van der Waals surface area (Å²) in [6, 6.07) is 0. The molecule has 0 amide bonds. The van der Waals surface area contributed by atoms with Gasteiger partial charge in [0.05, 0.1) is 0 Å². The smallest absolute Gasteiger partial charge is 0.00489 e. The fourth-order valence-corrected chi connectivity index (χ4v) is 5.77. The van der Waals surface area contributed by atoms with Crippen molar-refractivity contribution < 1.29 is 0 Å². The fourth-order valence-electron chi connectivity index (χ4n) is 5.77. The normalized spacial score (nSPS) is 12.4. The minimum Gasteiger partial charge on any atom is -0.320 e. The van der Waals surface area contributed by atoms with E-state index in [1.165, 1.54) is 165 Å². The summed E-state index contributed by atoms with van der Waals surface area (Å²) >= 11 is 0. The van der Waals surface area contributed by atoms with Crippen molar-refractivity contribution in [3.63, 3.8) is 0 Å². The Kier molecular flexibility index (Phi) is 27.0. The van der Waals surface area contributed by atoms with Gasteiger partial charge in [-0.3, -0.25) is 0 Å². The molecule has 0 aliphatic heterocycles. The van der Waals surface area contributed by atoms with Crippen molar-refractivity contribution in [2.24, 2.45) is 11.8 Å². The van der Waals surface area contributed by atoms with E-state index in [1.807, 2.05) is 7.05 Å². The molecular formula is C35H69N. The first-order chi connectivity index (χ1) is 17.6. The second kappa shape index (κ2) is 27.5. The molecule has 214 valence electrons. The predicted octanol–water partition coefficient (Wildman–Crippen LogP) is 12.0. The maximum Gasteiger partial charge on any atom is -0.00489 e. The maximum absolute atomic E-state index is 4.43. The standard InChI is InChI=1S/C35H69N/c1-7-10-16-26-34(27-17-11-8-2)29-20-23-32(4)22-18-14-13-15-19-28-35(25-12-9-3)31-33(5)24-21-30-36-6/h34-36H,4-5,7-31H2,1-3,6H3. The van der Waals surface area contributed by atoms with E-state index >= 15 is 0 Å². The van der Waals surface area contributed by atoms with E-state index in [4.69, 9.17) is 0 Å². The van der Waals surface area contributed by atoms with Crippen LogP contribution in [0.1, 0.15) is 175 Å². The molecule has 0 aromatic rings. The van der Waals surface area contributed by atoms with Gasteiger partial charge in [0.1, 0.15) is 0 Å². The van der Waals surface area contributed by atoms with E-state index in [-0.39, 0.29) is 0 Å². The molecule has 0 rings (SSSR count). The predicted molar refractivity (Wildman–Crippen MR) is 167 cm³/mol. The summed E-state index contributed by atoms with van der Waals surface area (Å²) in [5.74, 6) is 1.85. The molecule has 0 spiro atoms. The lowest BCUT2D eigenvalue weighted by Gasteiger charge is -2.18. The van der Waals surface area contributed by atoms with Gasteiger partial charge in [0, 0.05) is 0 Å². The summed E-state index contributed by atoms with van der Waals surface area (Å²) in [6.45, 7) is 16.9. The summed E-state index contributed by atoms with van der Waals surface area (Å²) in [7, 11) is 2.05. The third kappa shape index (κ3) is 23.8. The van der Waals surface area contributed by atoms with Crippen LogP contribution >= 0.6 is 0 Å². The van der Waals surface area contributed by atoms with Crippen LogP contribution in [0.2, 0.25) is 0 Å². The van der Waals surface area contributed by atoms with Gasteiger partial charge in [0.25, 0.3) is 0 Å². The number of rotatable bonds is 29. The van der Waals surface area contributed by atoms with Gasteiger partial charge < -0.3 is 5.32 Å². The average molecular weight is 504 g/mol. The van der Waals surface area contributed by atoms with Crippen molar-refractivity contribution >= 4 is 0 Å². The number of hydrogen-bond donors (Lipinski definition) is 1. The van der Waals surface area contributed by atoms with Crippen LogP contribution in [-0.4, -0.2) is 13.6 Å². The lowest BCUT2D eigenvalue weighted by atomic mass is 9.88. The highest BCUT2D eigenvalue weighted by Gasteiger charge is 2.11. The van der Waals surface area contributed by atoms with Gasteiger partial charge in [-0.2, -0.15) is 0 Å². The molecule has 1 heteroatoms. The molecule has 0 aromatic heterocycles. The molecule has 1 atom stereocenters. The third-order valence-electron chi connectivity index (χ3n) is 8.22. The van der Waals surface area contributed by atoms with Crippen LogP contribution in [-0.2, 0) is 0 Å². The molecule has 1 unspecified atom stereocenters. The summed E-state index contributed by atoms with van der Waals surface area (Å²) in [5, 5.41) is 3.26. The van der Waals surface area contributed by atoms with Crippen LogP contribution in [0.25, 0.3) is 0 Å². The highest BCUT2D eigenvalue weighted by atomic mass is 14.8. The zero-order valence-electron chi connectivity index (χ0n) is 25.7. The first-order valence-corrected chi connectivity index (χ1v) is 16.5. The van der Waals surface area contributed by atoms with Crippen LogP contribution in [0, 0.1) is 11.8 Å². The molecule has 0 heterocycles. The van der Waals surface area contributed by atoms with Gasteiger partial charge in [0.2, 0.25) is 0 Å².